The van der Waals surface area contributed by atoms with Crippen molar-refractivity contribution in [3.05, 3.63) is 39.4 Å². The van der Waals surface area contributed by atoms with E-state index in [1.54, 1.807) is 0 Å². The van der Waals surface area contributed by atoms with Crippen molar-refractivity contribution in [3.8, 4) is 0 Å². The van der Waals surface area contributed by atoms with Crippen molar-refractivity contribution in [2.24, 2.45) is 0 Å². The van der Waals surface area contributed by atoms with E-state index in [0.717, 1.165) is 4.90 Å². The van der Waals surface area contributed by atoms with Gasteiger partial charge in [0, 0.05) is 19.2 Å². The maximum atomic E-state index is 12.0. The number of imide groups is 1. The average molecular weight is 307 g/mol. The first-order chi connectivity index (χ1) is 10.4. The lowest BCUT2D eigenvalue weighted by Gasteiger charge is -2.12. The molecule has 1 aromatic rings. The number of aryl methyl sites for hydroxylation is 1. The van der Waals surface area contributed by atoms with Gasteiger partial charge in [-0.05, 0) is 12.5 Å². The molecule has 116 valence electrons. The van der Waals surface area contributed by atoms with Gasteiger partial charge in [0.2, 0.25) is 0 Å². The number of rotatable bonds is 4. The van der Waals surface area contributed by atoms with Crippen LogP contribution in [0.15, 0.2) is 18.2 Å². The topological polar surface area (TPSA) is 119 Å². The Hall–Kier alpha value is -2.97. The molecule has 1 aliphatic rings. The summed E-state index contributed by atoms with van der Waals surface area (Å²) in [5, 5.41) is 13.4. The van der Waals surface area contributed by atoms with Gasteiger partial charge in [0.1, 0.15) is 5.56 Å². The Bertz CT molecular complexity index is 657. The van der Waals surface area contributed by atoms with E-state index in [0.29, 0.717) is 12.1 Å². The molecule has 0 saturated carbocycles. The minimum atomic E-state index is -0.974. The molecule has 0 unspecified atom stereocenters. The quantitative estimate of drug-likeness (QED) is 0.494. The molecule has 0 spiro atoms. The largest absolute Gasteiger partial charge is 0.452 e. The number of nitro benzene ring substituents is 1. The Kier molecular flexibility index (Phi) is 4.35. The summed E-state index contributed by atoms with van der Waals surface area (Å²) in [5.74, 6) is -1.66. The molecule has 3 amide bonds. The second kappa shape index (κ2) is 6.20. The van der Waals surface area contributed by atoms with Gasteiger partial charge in [0.25, 0.3) is 11.6 Å². The number of nitrogens with one attached hydrogen (secondary N) is 1. The highest BCUT2D eigenvalue weighted by atomic mass is 16.6. The first-order valence-electron chi connectivity index (χ1n) is 6.41. The van der Waals surface area contributed by atoms with E-state index in [2.05, 4.69) is 5.32 Å². The fourth-order valence-corrected chi connectivity index (χ4v) is 2.06. The van der Waals surface area contributed by atoms with E-state index in [4.69, 9.17) is 4.74 Å². The Morgan fingerprint density at radius 2 is 2.18 bits per heavy atom. The highest BCUT2D eigenvalue weighted by Gasteiger charge is 2.28. The van der Waals surface area contributed by atoms with Gasteiger partial charge in [-0.15, -0.1) is 0 Å². The van der Waals surface area contributed by atoms with Crippen LogP contribution >= 0.6 is 0 Å². The van der Waals surface area contributed by atoms with Gasteiger partial charge >= 0.3 is 12.0 Å². The molecule has 1 heterocycles. The fourth-order valence-electron chi connectivity index (χ4n) is 2.06. The van der Waals surface area contributed by atoms with Crippen molar-refractivity contribution in [1.29, 1.82) is 0 Å². The molecule has 0 aromatic heterocycles. The maximum Gasteiger partial charge on any atom is 0.345 e. The molecule has 22 heavy (non-hydrogen) atoms. The summed E-state index contributed by atoms with van der Waals surface area (Å²) in [6.45, 7) is 1.40. The molecule has 1 aromatic carbocycles. The molecular weight excluding hydrogens is 294 g/mol. The molecule has 0 radical (unpaired) electrons. The number of nitro groups is 1. The van der Waals surface area contributed by atoms with Crippen molar-refractivity contribution in [2.45, 2.75) is 6.92 Å². The molecule has 9 nitrogen and oxygen atoms in total. The van der Waals surface area contributed by atoms with Crippen LogP contribution in [0.1, 0.15) is 15.9 Å². The third-order valence-electron chi connectivity index (χ3n) is 3.14. The first-order valence-corrected chi connectivity index (χ1v) is 6.41. The van der Waals surface area contributed by atoms with Crippen LogP contribution in [0.25, 0.3) is 0 Å². The molecule has 1 saturated heterocycles. The summed E-state index contributed by atoms with van der Waals surface area (Å²) in [6.07, 6.45) is 0. The van der Waals surface area contributed by atoms with Crippen molar-refractivity contribution in [1.82, 2.24) is 10.2 Å². The molecule has 9 heteroatoms. The number of carbonyl (C=O) groups excluding carboxylic acids is 3. The van der Waals surface area contributed by atoms with Gasteiger partial charge in [-0.25, -0.2) is 9.59 Å². The number of benzene rings is 1. The smallest absolute Gasteiger partial charge is 0.345 e. The van der Waals surface area contributed by atoms with Crippen LogP contribution in [0.5, 0.6) is 0 Å². The van der Waals surface area contributed by atoms with Crippen LogP contribution in [0.3, 0.4) is 0 Å². The van der Waals surface area contributed by atoms with Crippen LogP contribution in [0, 0.1) is 17.0 Å². The number of ether oxygens (including phenoxy) is 1. The molecular formula is C13H13N3O6. The van der Waals surface area contributed by atoms with E-state index in [9.17, 15) is 24.5 Å². The minimum absolute atomic E-state index is 0.194. The summed E-state index contributed by atoms with van der Waals surface area (Å²) >= 11 is 0. The van der Waals surface area contributed by atoms with Crippen LogP contribution < -0.4 is 5.32 Å². The minimum Gasteiger partial charge on any atom is -0.452 e. The van der Waals surface area contributed by atoms with Crippen LogP contribution in [0.4, 0.5) is 10.5 Å². The first kappa shape index (κ1) is 15.4. The van der Waals surface area contributed by atoms with E-state index < -0.39 is 35.1 Å². The number of amides is 3. The summed E-state index contributed by atoms with van der Waals surface area (Å²) in [5.41, 5.74) is -0.229. The summed E-state index contributed by atoms with van der Waals surface area (Å²) in [7, 11) is 0. The van der Waals surface area contributed by atoms with E-state index in [1.807, 2.05) is 0 Å². The van der Waals surface area contributed by atoms with Crippen molar-refractivity contribution in [2.75, 3.05) is 19.7 Å². The fraction of sp³-hybridized carbons (Fsp3) is 0.308. The predicted octanol–water partition coefficient (Wildman–Crippen LogP) is 0.612. The summed E-state index contributed by atoms with van der Waals surface area (Å²) in [4.78, 5) is 46.2. The normalized spacial score (nSPS) is 13.7. The molecule has 1 N–H and O–H groups in total. The molecule has 1 fully saturated rings. The Morgan fingerprint density at radius 1 is 1.45 bits per heavy atom. The highest BCUT2D eigenvalue weighted by molar-refractivity contribution is 5.99. The third-order valence-corrected chi connectivity index (χ3v) is 3.14. The number of nitrogens with zero attached hydrogens (tertiary/aromatic N) is 2. The zero-order valence-electron chi connectivity index (χ0n) is 11.7. The van der Waals surface area contributed by atoms with Crippen molar-refractivity contribution >= 4 is 23.6 Å². The van der Waals surface area contributed by atoms with E-state index in [1.165, 1.54) is 25.1 Å². The number of esters is 1. The third kappa shape index (κ3) is 3.03. The number of urea groups is 1. The lowest BCUT2D eigenvalue weighted by Crippen LogP contribution is -2.37. The van der Waals surface area contributed by atoms with Crippen molar-refractivity contribution < 1.29 is 24.0 Å². The lowest BCUT2D eigenvalue weighted by atomic mass is 10.1. The van der Waals surface area contributed by atoms with E-state index in [-0.39, 0.29) is 12.1 Å². The lowest BCUT2D eigenvalue weighted by molar-refractivity contribution is -0.385. The Labute approximate surface area is 125 Å². The van der Waals surface area contributed by atoms with Gasteiger partial charge in [-0.2, -0.15) is 0 Å². The van der Waals surface area contributed by atoms with Gasteiger partial charge in [-0.1, -0.05) is 12.1 Å². The van der Waals surface area contributed by atoms with Crippen molar-refractivity contribution in [3.63, 3.8) is 0 Å². The second-order valence-electron chi connectivity index (χ2n) is 4.58. The SMILES string of the molecule is Cc1cccc([N+](=O)[O-])c1C(=O)OCC(=O)N1CCNC1=O. The number of carbonyl (C=O) groups is 3. The van der Waals surface area contributed by atoms with Gasteiger partial charge < -0.3 is 10.1 Å². The zero-order valence-corrected chi connectivity index (χ0v) is 11.7. The van der Waals surface area contributed by atoms with Crippen LogP contribution in [-0.2, 0) is 9.53 Å². The Morgan fingerprint density at radius 3 is 2.77 bits per heavy atom. The summed E-state index contributed by atoms with van der Waals surface area (Å²) in [6, 6.07) is 3.60. The molecule has 2 rings (SSSR count). The van der Waals surface area contributed by atoms with Gasteiger partial charge in [0.05, 0.1) is 4.92 Å². The van der Waals surface area contributed by atoms with Crippen LogP contribution in [0.2, 0.25) is 0 Å². The average Bonchev–Trinajstić information content (AvgIpc) is 2.90. The Balaban J connectivity index is 2.08. The predicted molar refractivity (Wildman–Crippen MR) is 73.2 cm³/mol. The monoisotopic (exact) mass is 307 g/mol. The molecule has 0 atom stereocenters. The number of hydrogen-bond donors (Lipinski definition) is 1. The van der Waals surface area contributed by atoms with Gasteiger partial charge in [-0.3, -0.25) is 19.8 Å². The zero-order chi connectivity index (χ0) is 16.3. The maximum absolute atomic E-state index is 12.0. The molecule has 0 bridgehead atoms. The number of hydrogen-bond acceptors (Lipinski definition) is 6. The summed E-state index contributed by atoms with van der Waals surface area (Å²) < 4.78 is 4.81. The second-order valence-corrected chi connectivity index (χ2v) is 4.58. The van der Waals surface area contributed by atoms with E-state index >= 15 is 0 Å². The highest BCUT2D eigenvalue weighted by Crippen LogP contribution is 2.22. The van der Waals surface area contributed by atoms with Crippen LogP contribution in [-0.4, -0.2) is 47.4 Å². The van der Waals surface area contributed by atoms with Gasteiger partial charge in [0.15, 0.2) is 6.61 Å². The molecule has 0 aliphatic carbocycles. The molecule has 1 aliphatic heterocycles. The standard InChI is InChI=1S/C13H13N3O6/c1-8-3-2-4-9(16(20)21)11(8)12(18)22-7-10(17)15-6-5-14-13(15)19/h2-4H,5-7H2,1H3,(H,14,19).